The van der Waals surface area contributed by atoms with Crippen LogP contribution in [-0.4, -0.2) is 79.8 Å². The minimum absolute atomic E-state index is 0.0148. The number of piperazine rings is 1. The third-order valence-corrected chi connectivity index (χ3v) is 6.52. The zero-order valence-corrected chi connectivity index (χ0v) is 19.8. The van der Waals surface area contributed by atoms with E-state index in [4.69, 9.17) is 14.2 Å². The SMILES string of the molecule is O=C(Nc1ccc2c(c1)OCO2)N[C@@H]1C=C[C@@H](CC(=O)N2CCN(c3ccccc3)CC2)O[C@@H]1CO. The number of aliphatic hydroxyl groups is 1. The Balaban J connectivity index is 1.11. The van der Waals surface area contributed by atoms with Gasteiger partial charge in [-0.1, -0.05) is 30.4 Å². The van der Waals surface area contributed by atoms with E-state index in [0.717, 1.165) is 18.8 Å². The van der Waals surface area contributed by atoms with Gasteiger partial charge in [-0.15, -0.1) is 0 Å². The molecule has 10 heteroatoms. The standard InChI is InChI=1S/C26H30N4O6/c31-16-24-21(28-26(33)27-18-6-9-22-23(14-18)35-17-34-22)8-7-20(36-24)15-25(32)30-12-10-29(11-13-30)19-4-2-1-3-5-19/h1-9,14,20-21,24,31H,10-13,15-17H2,(H2,27,28,33)/t20-,21+,24+/m0/s1. The molecule has 3 aliphatic rings. The van der Waals surface area contributed by atoms with E-state index in [-0.39, 0.29) is 25.7 Å². The van der Waals surface area contributed by atoms with Gasteiger partial charge in [0.2, 0.25) is 12.7 Å². The molecule has 2 aromatic carbocycles. The largest absolute Gasteiger partial charge is 0.454 e. The number of hydrogen-bond acceptors (Lipinski definition) is 7. The van der Waals surface area contributed by atoms with Crippen LogP contribution >= 0.6 is 0 Å². The van der Waals surface area contributed by atoms with Crippen molar-refractivity contribution in [3.05, 3.63) is 60.7 Å². The smallest absolute Gasteiger partial charge is 0.319 e. The molecule has 190 valence electrons. The minimum atomic E-state index is -0.662. The summed E-state index contributed by atoms with van der Waals surface area (Å²) in [6, 6.07) is 14.3. The third-order valence-electron chi connectivity index (χ3n) is 6.52. The molecule has 3 amide bonds. The van der Waals surface area contributed by atoms with Crippen LogP contribution in [0.25, 0.3) is 0 Å². The average Bonchev–Trinajstić information content (AvgIpc) is 3.38. The molecule has 1 saturated heterocycles. The van der Waals surface area contributed by atoms with Crippen molar-refractivity contribution < 1.29 is 28.9 Å². The van der Waals surface area contributed by atoms with Crippen molar-refractivity contribution in [1.29, 1.82) is 0 Å². The summed E-state index contributed by atoms with van der Waals surface area (Å²) >= 11 is 0. The number of rotatable bonds is 6. The number of nitrogens with one attached hydrogen (secondary N) is 2. The van der Waals surface area contributed by atoms with Crippen molar-refractivity contribution in [2.24, 2.45) is 0 Å². The van der Waals surface area contributed by atoms with Crippen molar-refractivity contribution in [3.63, 3.8) is 0 Å². The second-order valence-corrected chi connectivity index (χ2v) is 8.88. The zero-order chi connectivity index (χ0) is 24.9. The topological polar surface area (TPSA) is 113 Å². The molecule has 3 heterocycles. The Morgan fingerprint density at radius 2 is 1.75 bits per heavy atom. The fraction of sp³-hybridized carbons (Fsp3) is 0.385. The van der Waals surface area contributed by atoms with E-state index in [2.05, 4.69) is 27.7 Å². The van der Waals surface area contributed by atoms with Crippen LogP contribution in [-0.2, 0) is 9.53 Å². The van der Waals surface area contributed by atoms with Gasteiger partial charge >= 0.3 is 6.03 Å². The number of hydrogen-bond donors (Lipinski definition) is 3. The normalized spacial score (nSPS) is 22.9. The highest BCUT2D eigenvalue weighted by Gasteiger charge is 2.31. The van der Waals surface area contributed by atoms with Crippen LogP contribution in [0.5, 0.6) is 11.5 Å². The van der Waals surface area contributed by atoms with Gasteiger partial charge in [0.1, 0.15) is 6.10 Å². The first-order valence-corrected chi connectivity index (χ1v) is 12.1. The molecule has 2 aromatic rings. The lowest BCUT2D eigenvalue weighted by atomic mass is 10.0. The molecule has 0 saturated carbocycles. The summed E-state index contributed by atoms with van der Waals surface area (Å²) in [4.78, 5) is 29.5. The Bertz CT molecular complexity index is 1100. The van der Waals surface area contributed by atoms with Crippen LogP contribution in [0.15, 0.2) is 60.7 Å². The number of carbonyl (C=O) groups excluding carboxylic acids is 2. The van der Waals surface area contributed by atoms with Gasteiger partial charge in [0.25, 0.3) is 0 Å². The van der Waals surface area contributed by atoms with Gasteiger partial charge in [-0.3, -0.25) is 4.79 Å². The lowest BCUT2D eigenvalue weighted by Gasteiger charge is -2.37. The fourth-order valence-corrected chi connectivity index (χ4v) is 4.58. The summed E-state index contributed by atoms with van der Waals surface area (Å²) in [6.07, 6.45) is 2.61. The van der Waals surface area contributed by atoms with Gasteiger partial charge in [-0.05, 0) is 24.3 Å². The van der Waals surface area contributed by atoms with Crippen molar-refractivity contribution >= 4 is 23.3 Å². The van der Waals surface area contributed by atoms with Crippen LogP contribution in [0.3, 0.4) is 0 Å². The van der Waals surface area contributed by atoms with Gasteiger partial charge in [-0.2, -0.15) is 0 Å². The summed E-state index contributed by atoms with van der Waals surface area (Å²) in [5, 5.41) is 15.4. The van der Waals surface area contributed by atoms with E-state index in [9.17, 15) is 14.7 Å². The molecule has 0 unspecified atom stereocenters. The lowest BCUT2D eigenvalue weighted by molar-refractivity contribution is -0.135. The highest BCUT2D eigenvalue weighted by Crippen LogP contribution is 2.34. The number of carbonyl (C=O) groups is 2. The summed E-state index contributed by atoms with van der Waals surface area (Å²) < 4.78 is 16.5. The van der Waals surface area contributed by atoms with E-state index in [1.807, 2.05) is 23.1 Å². The maximum absolute atomic E-state index is 12.9. The van der Waals surface area contributed by atoms with Gasteiger partial charge in [0.15, 0.2) is 11.5 Å². The van der Waals surface area contributed by atoms with Crippen LogP contribution in [0.1, 0.15) is 6.42 Å². The fourth-order valence-electron chi connectivity index (χ4n) is 4.58. The first-order valence-electron chi connectivity index (χ1n) is 12.1. The van der Waals surface area contributed by atoms with E-state index in [1.54, 1.807) is 30.4 Å². The monoisotopic (exact) mass is 494 g/mol. The van der Waals surface area contributed by atoms with Crippen LogP contribution in [0.4, 0.5) is 16.2 Å². The highest BCUT2D eigenvalue weighted by atomic mass is 16.7. The zero-order valence-electron chi connectivity index (χ0n) is 19.8. The molecule has 36 heavy (non-hydrogen) atoms. The van der Waals surface area contributed by atoms with Crippen molar-refractivity contribution in [2.75, 3.05) is 49.8 Å². The number of urea groups is 1. The summed E-state index contributed by atoms with van der Waals surface area (Å²) in [5.74, 6) is 1.21. The van der Waals surface area contributed by atoms with Crippen LogP contribution in [0.2, 0.25) is 0 Å². The number of benzene rings is 2. The summed E-state index contributed by atoms with van der Waals surface area (Å²) in [5.41, 5.74) is 1.71. The average molecular weight is 495 g/mol. The number of para-hydroxylation sites is 1. The highest BCUT2D eigenvalue weighted by molar-refractivity contribution is 5.90. The molecule has 1 fully saturated rings. The van der Waals surface area contributed by atoms with Crippen molar-refractivity contribution in [1.82, 2.24) is 10.2 Å². The van der Waals surface area contributed by atoms with Crippen LogP contribution < -0.4 is 25.0 Å². The molecule has 5 rings (SSSR count). The molecular formula is C26H30N4O6. The number of nitrogens with zero attached hydrogens (tertiary/aromatic N) is 2. The summed E-state index contributed by atoms with van der Waals surface area (Å²) in [6.45, 7) is 2.72. The molecule has 0 spiro atoms. The van der Waals surface area contributed by atoms with Crippen LogP contribution in [0, 0.1) is 0 Å². The molecule has 3 atom stereocenters. The van der Waals surface area contributed by atoms with Crippen molar-refractivity contribution in [3.8, 4) is 11.5 Å². The van der Waals surface area contributed by atoms with Gasteiger partial charge < -0.3 is 39.8 Å². The van der Waals surface area contributed by atoms with E-state index >= 15 is 0 Å². The van der Waals surface area contributed by atoms with Gasteiger partial charge in [0, 0.05) is 43.6 Å². The Kier molecular flexibility index (Phi) is 7.24. The second kappa shape index (κ2) is 10.9. The Morgan fingerprint density at radius 1 is 0.972 bits per heavy atom. The first kappa shape index (κ1) is 24.0. The second-order valence-electron chi connectivity index (χ2n) is 8.88. The molecule has 3 N–H and O–H groups in total. The Hall–Kier alpha value is -3.76. The van der Waals surface area contributed by atoms with E-state index < -0.39 is 24.3 Å². The first-order chi connectivity index (χ1) is 17.6. The predicted octanol–water partition coefficient (Wildman–Crippen LogP) is 1.96. The number of amides is 3. The minimum Gasteiger partial charge on any atom is -0.454 e. The number of fused-ring (bicyclic) bond motifs is 1. The number of anilines is 2. The maximum Gasteiger partial charge on any atom is 0.319 e. The number of ether oxygens (including phenoxy) is 3. The van der Waals surface area contributed by atoms with Gasteiger partial charge in [0.05, 0.1) is 25.2 Å². The maximum atomic E-state index is 12.9. The van der Waals surface area contributed by atoms with Crippen molar-refractivity contribution in [2.45, 2.75) is 24.7 Å². The molecule has 0 aromatic heterocycles. The molecular weight excluding hydrogens is 464 g/mol. The molecule has 3 aliphatic heterocycles. The van der Waals surface area contributed by atoms with E-state index in [1.165, 1.54) is 0 Å². The third kappa shape index (κ3) is 5.55. The Morgan fingerprint density at radius 3 is 2.53 bits per heavy atom. The quantitative estimate of drug-likeness (QED) is 0.527. The molecule has 10 nitrogen and oxygen atoms in total. The predicted molar refractivity (Wildman–Crippen MR) is 133 cm³/mol. The molecule has 0 aliphatic carbocycles. The van der Waals surface area contributed by atoms with E-state index in [0.29, 0.717) is 30.3 Å². The summed E-state index contributed by atoms with van der Waals surface area (Å²) in [7, 11) is 0. The Labute approximate surface area is 209 Å². The van der Waals surface area contributed by atoms with Gasteiger partial charge in [-0.25, -0.2) is 4.79 Å². The number of aliphatic hydroxyl groups excluding tert-OH is 1. The molecule has 0 radical (unpaired) electrons. The lowest BCUT2D eigenvalue weighted by Crippen LogP contribution is -2.51. The molecule has 0 bridgehead atoms.